The van der Waals surface area contributed by atoms with E-state index in [9.17, 15) is 4.79 Å². The van der Waals surface area contributed by atoms with Crippen molar-refractivity contribution in [2.75, 3.05) is 5.32 Å². The molecule has 0 radical (unpaired) electrons. The quantitative estimate of drug-likeness (QED) is 0.765. The van der Waals surface area contributed by atoms with E-state index in [0.29, 0.717) is 21.4 Å². The highest BCUT2D eigenvalue weighted by atomic mass is 35.5. The minimum Gasteiger partial charge on any atom is -0.319 e. The van der Waals surface area contributed by atoms with Crippen molar-refractivity contribution in [1.29, 1.82) is 0 Å². The number of hydrogen-bond donors (Lipinski definition) is 1. The normalized spacial score (nSPS) is 10.9. The van der Waals surface area contributed by atoms with Gasteiger partial charge in [0.1, 0.15) is 5.69 Å². The van der Waals surface area contributed by atoms with Crippen LogP contribution in [0.2, 0.25) is 10.0 Å². The third-order valence-corrected chi connectivity index (χ3v) is 4.31. The van der Waals surface area contributed by atoms with Gasteiger partial charge in [0.2, 0.25) is 0 Å². The molecule has 0 atom stereocenters. The number of hydrogen-bond acceptors (Lipinski definition) is 3. The van der Waals surface area contributed by atoms with E-state index >= 15 is 0 Å². The van der Waals surface area contributed by atoms with Gasteiger partial charge in [-0.3, -0.25) is 9.20 Å². The molecule has 3 rings (SSSR count). The number of carbonyl (C=O) groups is 1. The fourth-order valence-corrected chi connectivity index (χ4v) is 3.09. The Kier molecular flexibility index (Phi) is 3.41. The van der Waals surface area contributed by atoms with Gasteiger partial charge in [-0.15, -0.1) is 11.3 Å². The molecule has 0 saturated carbocycles. The maximum Gasteiger partial charge on any atom is 0.275 e. The van der Waals surface area contributed by atoms with Gasteiger partial charge in [0.15, 0.2) is 4.96 Å². The Hall–Kier alpha value is -1.56. The summed E-state index contributed by atoms with van der Waals surface area (Å²) >= 11 is 13.3. The smallest absolute Gasteiger partial charge is 0.275 e. The van der Waals surface area contributed by atoms with E-state index in [1.54, 1.807) is 24.4 Å². The highest BCUT2D eigenvalue weighted by molar-refractivity contribution is 7.15. The molecule has 0 spiro atoms. The molecule has 20 heavy (non-hydrogen) atoms. The number of benzene rings is 1. The summed E-state index contributed by atoms with van der Waals surface area (Å²) in [6.07, 6.45) is 1.71. The average Bonchev–Trinajstić information content (AvgIpc) is 2.96. The third kappa shape index (κ3) is 2.40. The number of aryl methyl sites for hydroxylation is 1. The molecule has 1 aromatic carbocycles. The van der Waals surface area contributed by atoms with Crippen molar-refractivity contribution < 1.29 is 4.79 Å². The van der Waals surface area contributed by atoms with Crippen LogP contribution in [0.1, 0.15) is 16.2 Å². The lowest BCUT2D eigenvalue weighted by molar-refractivity contribution is 0.102. The number of rotatable bonds is 2. The van der Waals surface area contributed by atoms with E-state index in [1.165, 1.54) is 11.3 Å². The monoisotopic (exact) mass is 325 g/mol. The number of nitrogens with zero attached hydrogens (tertiary/aromatic N) is 2. The maximum atomic E-state index is 12.2. The molecule has 0 aliphatic heterocycles. The average molecular weight is 326 g/mol. The predicted molar refractivity (Wildman–Crippen MR) is 82.2 cm³/mol. The lowest BCUT2D eigenvalue weighted by Gasteiger charge is -2.05. The molecular weight excluding hydrogens is 317 g/mol. The Balaban J connectivity index is 1.88. The molecule has 7 heteroatoms. The van der Waals surface area contributed by atoms with Crippen molar-refractivity contribution in [1.82, 2.24) is 9.38 Å². The lowest BCUT2D eigenvalue weighted by Crippen LogP contribution is -2.12. The van der Waals surface area contributed by atoms with Crippen LogP contribution >= 0.6 is 34.5 Å². The van der Waals surface area contributed by atoms with Gasteiger partial charge in [-0.05, 0) is 25.1 Å². The van der Waals surface area contributed by atoms with E-state index in [0.717, 1.165) is 10.7 Å². The molecule has 2 aromatic heterocycles. The Bertz CT molecular complexity index is 809. The van der Waals surface area contributed by atoms with Crippen LogP contribution < -0.4 is 5.32 Å². The highest BCUT2D eigenvalue weighted by Crippen LogP contribution is 2.26. The highest BCUT2D eigenvalue weighted by Gasteiger charge is 2.14. The zero-order valence-electron chi connectivity index (χ0n) is 10.4. The second-order valence-electron chi connectivity index (χ2n) is 4.23. The van der Waals surface area contributed by atoms with Crippen LogP contribution in [-0.4, -0.2) is 15.3 Å². The van der Waals surface area contributed by atoms with Gasteiger partial charge in [0, 0.05) is 22.3 Å². The molecular formula is C13H9Cl2N3OS. The molecule has 3 aromatic rings. The SMILES string of the molecule is Cc1csc2nc(C(=O)Nc3ccc(Cl)cc3Cl)cn12. The maximum absolute atomic E-state index is 12.2. The fraction of sp³-hybridized carbons (Fsp3) is 0.0769. The summed E-state index contributed by atoms with van der Waals surface area (Å²) in [6.45, 7) is 1.96. The first-order chi connectivity index (χ1) is 9.54. The first-order valence-electron chi connectivity index (χ1n) is 5.74. The third-order valence-electron chi connectivity index (χ3n) is 2.80. The first kappa shape index (κ1) is 13.4. The number of fused-ring (bicyclic) bond motifs is 1. The number of imidazole rings is 1. The van der Waals surface area contributed by atoms with Gasteiger partial charge in [-0.2, -0.15) is 0 Å². The summed E-state index contributed by atoms with van der Waals surface area (Å²) in [5.41, 5.74) is 1.90. The Morgan fingerprint density at radius 1 is 1.40 bits per heavy atom. The summed E-state index contributed by atoms with van der Waals surface area (Å²) in [5.74, 6) is -0.301. The molecule has 0 bridgehead atoms. The number of nitrogens with one attached hydrogen (secondary N) is 1. The molecule has 102 valence electrons. The largest absolute Gasteiger partial charge is 0.319 e. The van der Waals surface area contributed by atoms with Gasteiger partial charge in [-0.1, -0.05) is 23.2 Å². The minimum absolute atomic E-state index is 0.301. The van der Waals surface area contributed by atoms with Gasteiger partial charge >= 0.3 is 0 Å². The van der Waals surface area contributed by atoms with Crippen molar-refractivity contribution in [3.05, 3.63) is 51.2 Å². The molecule has 0 unspecified atom stereocenters. The number of aromatic nitrogens is 2. The number of halogens is 2. The van der Waals surface area contributed by atoms with Crippen LogP contribution in [0.25, 0.3) is 4.96 Å². The Labute approximate surface area is 129 Å². The Morgan fingerprint density at radius 3 is 2.90 bits per heavy atom. The van der Waals surface area contributed by atoms with Gasteiger partial charge in [-0.25, -0.2) is 4.98 Å². The van der Waals surface area contributed by atoms with Crippen LogP contribution in [-0.2, 0) is 0 Å². The topological polar surface area (TPSA) is 46.4 Å². The van der Waals surface area contributed by atoms with Gasteiger partial charge in [0.25, 0.3) is 5.91 Å². The second kappa shape index (κ2) is 5.09. The summed E-state index contributed by atoms with van der Waals surface area (Å²) in [6, 6.07) is 4.90. The summed E-state index contributed by atoms with van der Waals surface area (Å²) in [5, 5.41) is 5.62. The Morgan fingerprint density at radius 2 is 2.20 bits per heavy atom. The van der Waals surface area contributed by atoms with Gasteiger partial charge in [0.05, 0.1) is 10.7 Å². The molecule has 0 aliphatic rings. The van der Waals surface area contributed by atoms with Crippen LogP contribution in [0.15, 0.2) is 29.8 Å². The zero-order chi connectivity index (χ0) is 14.3. The van der Waals surface area contributed by atoms with Crippen molar-refractivity contribution in [2.24, 2.45) is 0 Å². The first-order valence-corrected chi connectivity index (χ1v) is 7.38. The van der Waals surface area contributed by atoms with Crippen molar-refractivity contribution >= 4 is 51.1 Å². The zero-order valence-corrected chi connectivity index (χ0v) is 12.7. The number of anilines is 1. The standard InChI is InChI=1S/C13H9Cl2N3OS/c1-7-6-20-13-17-11(5-18(7)13)12(19)16-10-3-2-8(14)4-9(10)15/h2-6H,1H3,(H,16,19). The van der Waals surface area contributed by atoms with E-state index < -0.39 is 0 Å². The van der Waals surface area contributed by atoms with Crippen molar-refractivity contribution in [3.63, 3.8) is 0 Å². The predicted octanol–water partition coefficient (Wildman–Crippen LogP) is 4.26. The van der Waals surface area contributed by atoms with Crippen LogP contribution in [0.5, 0.6) is 0 Å². The van der Waals surface area contributed by atoms with E-state index in [2.05, 4.69) is 10.3 Å². The van der Waals surface area contributed by atoms with Gasteiger partial charge < -0.3 is 5.32 Å². The van der Waals surface area contributed by atoms with Crippen LogP contribution in [0.4, 0.5) is 5.69 Å². The van der Waals surface area contributed by atoms with E-state index in [-0.39, 0.29) is 5.91 Å². The molecule has 2 heterocycles. The molecule has 0 fully saturated rings. The molecule has 1 N–H and O–H groups in total. The van der Waals surface area contributed by atoms with Crippen molar-refractivity contribution in [2.45, 2.75) is 6.92 Å². The molecule has 0 aliphatic carbocycles. The molecule has 0 saturated heterocycles. The number of carbonyl (C=O) groups excluding carboxylic acids is 1. The van der Waals surface area contributed by atoms with Crippen LogP contribution in [0, 0.1) is 6.92 Å². The summed E-state index contributed by atoms with van der Waals surface area (Å²) in [7, 11) is 0. The second-order valence-corrected chi connectivity index (χ2v) is 5.91. The van der Waals surface area contributed by atoms with E-state index in [1.807, 2.05) is 16.7 Å². The summed E-state index contributed by atoms with van der Waals surface area (Å²) in [4.78, 5) is 17.2. The van der Waals surface area contributed by atoms with Crippen LogP contribution in [0.3, 0.4) is 0 Å². The molecule has 4 nitrogen and oxygen atoms in total. The lowest BCUT2D eigenvalue weighted by atomic mass is 10.3. The molecule has 1 amide bonds. The summed E-state index contributed by atoms with van der Waals surface area (Å²) < 4.78 is 1.88. The van der Waals surface area contributed by atoms with E-state index in [4.69, 9.17) is 23.2 Å². The number of thiazole rings is 1. The number of amides is 1. The fourth-order valence-electron chi connectivity index (χ4n) is 1.78. The van der Waals surface area contributed by atoms with Crippen molar-refractivity contribution in [3.8, 4) is 0 Å². The minimum atomic E-state index is -0.301.